The van der Waals surface area contributed by atoms with Crippen molar-refractivity contribution in [3.05, 3.63) is 83.3 Å². The maximum atomic E-state index is 12.7. The van der Waals surface area contributed by atoms with Crippen molar-refractivity contribution in [2.24, 2.45) is 0 Å². The number of benzene rings is 2. The van der Waals surface area contributed by atoms with Crippen molar-refractivity contribution in [2.75, 3.05) is 5.32 Å². The van der Waals surface area contributed by atoms with Gasteiger partial charge in [-0.05, 0) is 29.7 Å². The Balaban J connectivity index is 1.68. The van der Waals surface area contributed by atoms with E-state index in [2.05, 4.69) is 27.4 Å². The van der Waals surface area contributed by atoms with Gasteiger partial charge in [0.25, 0.3) is 0 Å². The molecule has 0 unspecified atom stereocenters. The maximum absolute atomic E-state index is 12.7. The molecule has 150 valence electrons. The molecular formula is C23H19ClN4O2. The van der Waals surface area contributed by atoms with Crippen molar-refractivity contribution in [3.63, 3.8) is 0 Å². The number of carbonyl (C=O) groups excluding carboxylic acids is 1. The summed E-state index contributed by atoms with van der Waals surface area (Å²) in [6.07, 6.45) is 4.14. The normalized spacial score (nSPS) is 10.7. The highest BCUT2D eigenvalue weighted by atomic mass is 35.5. The van der Waals surface area contributed by atoms with Crippen molar-refractivity contribution >= 4 is 23.4 Å². The van der Waals surface area contributed by atoms with Crippen LogP contribution < -0.4 is 5.32 Å². The van der Waals surface area contributed by atoms with E-state index in [1.807, 2.05) is 42.5 Å². The molecule has 0 aliphatic carbocycles. The summed E-state index contributed by atoms with van der Waals surface area (Å²) < 4.78 is 5.52. The summed E-state index contributed by atoms with van der Waals surface area (Å²) in [5.74, 6) is -0.0252. The molecule has 0 fully saturated rings. The largest absolute Gasteiger partial charge is 0.337 e. The van der Waals surface area contributed by atoms with Gasteiger partial charge < -0.3 is 4.52 Å². The third kappa shape index (κ3) is 4.23. The summed E-state index contributed by atoms with van der Waals surface area (Å²) in [6, 6.07) is 17.0. The van der Waals surface area contributed by atoms with Gasteiger partial charge in [-0.1, -0.05) is 66.1 Å². The molecule has 0 saturated heterocycles. The van der Waals surface area contributed by atoms with Crippen LogP contribution in [0.25, 0.3) is 22.5 Å². The molecule has 30 heavy (non-hydrogen) atoms. The minimum Gasteiger partial charge on any atom is -0.337 e. The van der Waals surface area contributed by atoms with Crippen molar-refractivity contribution in [2.45, 2.75) is 19.8 Å². The molecule has 0 aliphatic heterocycles. The molecule has 2 aromatic heterocycles. The van der Waals surface area contributed by atoms with Gasteiger partial charge in [0.15, 0.2) is 0 Å². The third-order valence-electron chi connectivity index (χ3n) is 4.73. The molecule has 0 spiro atoms. The van der Waals surface area contributed by atoms with E-state index in [1.54, 1.807) is 18.3 Å². The van der Waals surface area contributed by atoms with Crippen LogP contribution in [0.3, 0.4) is 0 Å². The van der Waals surface area contributed by atoms with Gasteiger partial charge in [-0.15, -0.1) is 0 Å². The number of hydrogen-bond acceptors (Lipinski definition) is 5. The second-order valence-corrected chi connectivity index (χ2v) is 7.10. The smallest absolute Gasteiger partial charge is 0.241 e. The predicted molar refractivity (Wildman–Crippen MR) is 116 cm³/mol. The number of nitrogens with one attached hydrogen (secondary N) is 1. The average molecular weight is 419 g/mol. The molecule has 0 bridgehead atoms. The Morgan fingerprint density at radius 3 is 2.60 bits per heavy atom. The zero-order valence-corrected chi connectivity index (χ0v) is 17.1. The molecule has 1 amide bonds. The molecule has 0 saturated carbocycles. The van der Waals surface area contributed by atoms with E-state index in [1.165, 1.54) is 11.9 Å². The fourth-order valence-corrected chi connectivity index (χ4v) is 3.34. The molecule has 6 nitrogen and oxygen atoms in total. The topological polar surface area (TPSA) is 80.9 Å². The minimum absolute atomic E-state index is 0.115. The first-order valence-corrected chi connectivity index (χ1v) is 9.92. The van der Waals surface area contributed by atoms with E-state index in [9.17, 15) is 4.79 Å². The number of amides is 1. The molecule has 7 heteroatoms. The van der Waals surface area contributed by atoms with Crippen LogP contribution in [-0.2, 0) is 17.6 Å². The first-order valence-electron chi connectivity index (χ1n) is 9.54. The lowest BCUT2D eigenvalue weighted by Crippen LogP contribution is -2.14. The molecule has 0 aliphatic rings. The Bertz CT molecular complexity index is 1160. The van der Waals surface area contributed by atoms with Gasteiger partial charge >= 0.3 is 0 Å². The lowest BCUT2D eigenvalue weighted by Gasteiger charge is -2.07. The van der Waals surface area contributed by atoms with Crippen LogP contribution in [0.2, 0.25) is 5.02 Å². The third-order valence-corrected chi connectivity index (χ3v) is 5.10. The van der Waals surface area contributed by atoms with Crippen LogP contribution in [0, 0.1) is 0 Å². The number of anilines is 1. The Kier molecular flexibility index (Phi) is 5.86. The lowest BCUT2D eigenvalue weighted by atomic mass is 10.0. The summed E-state index contributed by atoms with van der Waals surface area (Å²) in [5.41, 5.74) is 4.64. The molecule has 4 rings (SSSR count). The number of carbonyl (C=O) groups is 1. The fourth-order valence-electron chi connectivity index (χ4n) is 3.13. The van der Waals surface area contributed by atoms with Crippen molar-refractivity contribution < 1.29 is 9.32 Å². The van der Waals surface area contributed by atoms with E-state index in [4.69, 9.17) is 16.1 Å². The first kappa shape index (κ1) is 19.8. The van der Waals surface area contributed by atoms with Crippen molar-refractivity contribution in [1.29, 1.82) is 0 Å². The highest BCUT2D eigenvalue weighted by Crippen LogP contribution is 2.36. The van der Waals surface area contributed by atoms with Crippen LogP contribution >= 0.6 is 11.6 Å². The number of halogens is 1. The molecular weight excluding hydrogens is 400 g/mol. The van der Waals surface area contributed by atoms with Crippen LogP contribution in [0.4, 0.5) is 5.88 Å². The van der Waals surface area contributed by atoms with Gasteiger partial charge in [0, 0.05) is 16.8 Å². The molecule has 1 N–H and O–H groups in total. The zero-order valence-electron chi connectivity index (χ0n) is 16.3. The van der Waals surface area contributed by atoms with Gasteiger partial charge in [0.05, 0.1) is 17.7 Å². The molecule has 2 heterocycles. The summed E-state index contributed by atoms with van der Waals surface area (Å²) >= 11 is 6.17. The van der Waals surface area contributed by atoms with Gasteiger partial charge in [0.2, 0.25) is 11.8 Å². The minimum atomic E-state index is -0.262. The van der Waals surface area contributed by atoms with Gasteiger partial charge in [-0.3, -0.25) is 10.1 Å². The Labute approximate surface area is 178 Å². The Hall–Kier alpha value is -3.51. The van der Waals surface area contributed by atoms with E-state index in [-0.39, 0.29) is 18.2 Å². The Morgan fingerprint density at radius 2 is 1.90 bits per heavy atom. The standard InChI is InChI=1S/C23H19ClN4O2/c1-2-15-7-9-16(10-8-15)22-21(19-11-12-25-14-26-19)23(30-28-22)27-20(29)13-17-5-3-4-6-18(17)24/h3-12,14H,2,13H2,1H3,(H,27,29). The summed E-state index contributed by atoms with van der Waals surface area (Å²) in [5, 5.41) is 7.57. The molecule has 2 aromatic carbocycles. The van der Waals surface area contributed by atoms with Gasteiger partial charge in [-0.2, -0.15) is 0 Å². The average Bonchev–Trinajstić information content (AvgIpc) is 3.19. The molecule has 0 atom stereocenters. The number of nitrogens with zero attached hydrogens (tertiary/aromatic N) is 3. The van der Waals surface area contributed by atoms with Crippen molar-refractivity contribution in [3.8, 4) is 22.5 Å². The van der Waals surface area contributed by atoms with E-state index in [0.717, 1.165) is 17.5 Å². The van der Waals surface area contributed by atoms with Crippen molar-refractivity contribution in [1.82, 2.24) is 15.1 Å². The summed E-state index contributed by atoms with van der Waals surface area (Å²) in [7, 11) is 0. The van der Waals surface area contributed by atoms with Gasteiger partial charge in [-0.25, -0.2) is 9.97 Å². The number of rotatable bonds is 6. The first-order chi connectivity index (χ1) is 14.7. The van der Waals surface area contributed by atoms with Crippen LogP contribution in [0.15, 0.2) is 71.6 Å². The monoisotopic (exact) mass is 418 g/mol. The SMILES string of the molecule is CCc1ccc(-c2noc(NC(=O)Cc3ccccc3Cl)c2-c2ccncn2)cc1. The van der Waals surface area contributed by atoms with Crippen LogP contribution in [0.1, 0.15) is 18.1 Å². The quantitative estimate of drug-likeness (QED) is 0.465. The van der Waals surface area contributed by atoms with Crippen LogP contribution in [0.5, 0.6) is 0 Å². The second kappa shape index (κ2) is 8.88. The zero-order chi connectivity index (χ0) is 20.9. The Morgan fingerprint density at radius 1 is 1.10 bits per heavy atom. The van der Waals surface area contributed by atoms with E-state index >= 15 is 0 Å². The summed E-state index contributed by atoms with van der Waals surface area (Å²) in [6.45, 7) is 2.10. The highest BCUT2D eigenvalue weighted by molar-refractivity contribution is 6.31. The maximum Gasteiger partial charge on any atom is 0.241 e. The molecule has 4 aromatic rings. The van der Waals surface area contributed by atoms with Crippen LogP contribution in [-0.4, -0.2) is 21.0 Å². The summed E-state index contributed by atoms with van der Waals surface area (Å²) in [4.78, 5) is 21.0. The lowest BCUT2D eigenvalue weighted by molar-refractivity contribution is -0.115. The second-order valence-electron chi connectivity index (χ2n) is 6.70. The fraction of sp³-hybridized carbons (Fsp3) is 0.130. The number of aryl methyl sites for hydroxylation is 1. The molecule has 0 radical (unpaired) electrons. The predicted octanol–water partition coefficient (Wildman–Crippen LogP) is 5.20. The van der Waals surface area contributed by atoms with E-state index in [0.29, 0.717) is 22.0 Å². The van der Waals surface area contributed by atoms with Gasteiger partial charge in [0.1, 0.15) is 12.0 Å². The van der Waals surface area contributed by atoms with E-state index < -0.39 is 0 Å². The number of hydrogen-bond donors (Lipinski definition) is 1. The highest BCUT2D eigenvalue weighted by Gasteiger charge is 2.22. The number of aromatic nitrogens is 3.